The highest BCUT2D eigenvalue weighted by Gasteiger charge is 2.39. The molecular formula is C24H27ClO5. The number of aliphatic hydroxyl groups is 3. The first-order valence-corrected chi connectivity index (χ1v) is 11.1. The number of hydrogen-bond donors (Lipinski definition) is 3. The lowest BCUT2D eigenvalue weighted by atomic mass is 9.88. The number of fused-ring (bicyclic) bond motifs is 1. The van der Waals surface area contributed by atoms with Crippen LogP contribution in [0.3, 0.4) is 0 Å². The maximum atomic E-state index is 10.3. The lowest BCUT2D eigenvalue weighted by Gasteiger charge is -2.37. The van der Waals surface area contributed by atoms with E-state index in [9.17, 15) is 15.3 Å². The summed E-state index contributed by atoms with van der Waals surface area (Å²) in [6.07, 6.45) is 0.954. The third-order valence-corrected chi connectivity index (χ3v) is 6.97. The summed E-state index contributed by atoms with van der Waals surface area (Å²) >= 11 is 6.72. The van der Waals surface area contributed by atoms with Crippen LogP contribution in [0.4, 0.5) is 0 Å². The van der Waals surface area contributed by atoms with Gasteiger partial charge in [-0.05, 0) is 47.4 Å². The highest BCUT2D eigenvalue weighted by Crippen LogP contribution is 2.45. The van der Waals surface area contributed by atoms with Crippen molar-refractivity contribution in [3.05, 3.63) is 63.2 Å². The van der Waals surface area contributed by atoms with Crippen LogP contribution < -0.4 is 4.74 Å². The number of aliphatic hydroxyl groups excluding tert-OH is 3. The van der Waals surface area contributed by atoms with Crippen molar-refractivity contribution in [1.29, 1.82) is 0 Å². The van der Waals surface area contributed by atoms with Gasteiger partial charge in [0.2, 0.25) is 0 Å². The largest absolute Gasteiger partial charge is 0.491 e. The number of hydrogen-bond acceptors (Lipinski definition) is 5. The Labute approximate surface area is 181 Å². The molecule has 4 atom stereocenters. The average molecular weight is 431 g/mol. The molecular weight excluding hydrogens is 404 g/mol. The summed E-state index contributed by atoms with van der Waals surface area (Å²) < 4.78 is 11.8. The third-order valence-electron chi connectivity index (χ3n) is 6.55. The van der Waals surface area contributed by atoms with Gasteiger partial charge in [0.15, 0.2) is 0 Å². The quantitative estimate of drug-likeness (QED) is 0.678. The molecule has 30 heavy (non-hydrogen) atoms. The lowest BCUT2D eigenvalue weighted by molar-refractivity contribution is -0.181. The molecule has 1 saturated carbocycles. The zero-order chi connectivity index (χ0) is 20.8. The van der Waals surface area contributed by atoms with Crippen molar-refractivity contribution < 1.29 is 24.8 Å². The van der Waals surface area contributed by atoms with Gasteiger partial charge in [-0.15, -0.1) is 0 Å². The van der Waals surface area contributed by atoms with Gasteiger partial charge in [0, 0.05) is 18.4 Å². The van der Waals surface area contributed by atoms with Gasteiger partial charge in [0.25, 0.3) is 0 Å². The molecule has 5 rings (SSSR count). The van der Waals surface area contributed by atoms with E-state index in [0.29, 0.717) is 23.8 Å². The van der Waals surface area contributed by atoms with Crippen LogP contribution in [-0.2, 0) is 17.6 Å². The number of rotatable bonds is 5. The molecule has 0 spiro atoms. The van der Waals surface area contributed by atoms with Gasteiger partial charge < -0.3 is 24.8 Å². The van der Waals surface area contributed by atoms with Gasteiger partial charge in [-0.25, -0.2) is 0 Å². The maximum Gasteiger partial charge on any atom is 0.141 e. The zero-order valence-corrected chi connectivity index (χ0v) is 17.5. The van der Waals surface area contributed by atoms with E-state index in [4.69, 9.17) is 21.1 Å². The van der Waals surface area contributed by atoms with Crippen molar-refractivity contribution in [3.8, 4) is 5.75 Å². The smallest absolute Gasteiger partial charge is 0.141 e. The molecule has 2 fully saturated rings. The van der Waals surface area contributed by atoms with Gasteiger partial charge in [0.05, 0.1) is 30.4 Å². The Bertz CT molecular complexity index is 924. The van der Waals surface area contributed by atoms with E-state index in [-0.39, 0.29) is 13.0 Å². The summed E-state index contributed by atoms with van der Waals surface area (Å²) in [5.41, 5.74) is 5.47. The molecule has 1 saturated heterocycles. The second-order valence-electron chi connectivity index (χ2n) is 8.68. The zero-order valence-electron chi connectivity index (χ0n) is 16.8. The van der Waals surface area contributed by atoms with Gasteiger partial charge in [-0.1, -0.05) is 41.9 Å². The van der Waals surface area contributed by atoms with Gasteiger partial charge in [-0.3, -0.25) is 0 Å². The minimum atomic E-state index is -1.09. The molecule has 1 aliphatic carbocycles. The summed E-state index contributed by atoms with van der Waals surface area (Å²) in [6, 6.07) is 10.8. The maximum absolute atomic E-state index is 10.3. The van der Waals surface area contributed by atoms with Crippen LogP contribution in [-0.4, -0.2) is 46.8 Å². The van der Waals surface area contributed by atoms with E-state index in [0.717, 1.165) is 29.0 Å². The predicted octanol–water partition coefficient (Wildman–Crippen LogP) is 3.29. The van der Waals surface area contributed by atoms with Crippen LogP contribution >= 0.6 is 11.6 Å². The van der Waals surface area contributed by atoms with Crippen LogP contribution in [0.5, 0.6) is 5.75 Å². The molecule has 0 aromatic heterocycles. The molecule has 3 N–H and O–H groups in total. The van der Waals surface area contributed by atoms with Crippen molar-refractivity contribution in [2.75, 3.05) is 13.2 Å². The van der Waals surface area contributed by atoms with Gasteiger partial charge >= 0.3 is 0 Å². The Hall–Kier alpha value is -1.63. The van der Waals surface area contributed by atoms with E-state index in [2.05, 4.69) is 24.3 Å². The molecule has 3 aliphatic rings. The molecule has 3 unspecified atom stereocenters. The van der Waals surface area contributed by atoms with Crippen LogP contribution in [0, 0.1) is 0 Å². The van der Waals surface area contributed by atoms with Crippen molar-refractivity contribution in [3.63, 3.8) is 0 Å². The summed E-state index contributed by atoms with van der Waals surface area (Å²) in [7, 11) is 0. The minimum absolute atomic E-state index is 0.265. The molecule has 2 aromatic rings. The molecule has 0 bridgehead atoms. The van der Waals surface area contributed by atoms with Crippen molar-refractivity contribution in [2.45, 2.75) is 62.4 Å². The normalized spacial score (nSPS) is 28.3. The van der Waals surface area contributed by atoms with Crippen molar-refractivity contribution in [2.24, 2.45) is 0 Å². The van der Waals surface area contributed by atoms with Crippen LogP contribution in [0.2, 0.25) is 5.02 Å². The summed E-state index contributed by atoms with van der Waals surface area (Å²) in [4.78, 5) is 0. The molecule has 2 heterocycles. The number of benzene rings is 2. The van der Waals surface area contributed by atoms with Gasteiger partial charge in [-0.2, -0.15) is 0 Å². The fraction of sp³-hybridized carbons (Fsp3) is 0.500. The molecule has 160 valence electrons. The number of halogens is 1. The minimum Gasteiger partial charge on any atom is -0.491 e. The van der Waals surface area contributed by atoms with Crippen LogP contribution in [0.1, 0.15) is 59.1 Å². The van der Waals surface area contributed by atoms with E-state index >= 15 is 0 Å². The van der Waals surface area contributed by atoms with Crippen LogP contribution in [0.25, 0.3) is 0 Å². The first kappa shape index (κ1) is 20.3. The first-order chi connectivity index (χ1) is 14.5. The molecule has 6 heteroatoms. The monoisotopic (exact) mass is 430 g/mol. The van der Waals surface area contributed by atoms with E-state index in [1.165, 1.54) is 24.0 Å². The topological polar surface area (TPSA) is 79.2 Å². The Morgan fingerprint density at radius 1 is 1.10 bits per heavy atom. The molecule has 5 nitrogen and oxygen atoms in total. The fourth-order valence-electron chi connectivity index (χ4n) is 4.68. The van der Waals surface area contributed by atoms with E-state index in [1.54, 1.807) is 0 Å². The molecule has 0 radical (unpaired) electrons. The highest BCUT2D eigenvalue weighted by molar-refractivity contribution is 6.33. The Morgan fingerprint density at radius 2 is 1.87 bits per heavy atom. The highest BCUT2D eigenvalue weighted by atomic mass is 35.5. The first-order valence-electron chi connectivity index (χ1n) is 10.7. The lowest BCUT2D eigenvalue weighted by Crippen LogP contribution is -2.47. The SMILES string of the molecule is OCC1OC(c2cc(Cc3ccc(C4CC4)cc3)c(Cl)c3c2CCO3)CC(O)[C@@H]1O. The fourth-order valence-corrected chi connectivity index (χ4v) is 4.97. The molecule has 0 amide bonds. The standard InChI is InChI=1S/C24H27ClO5/c25-22-16(9-13-1-3-14(4-2-13)15-5-6-15)10-18(17-7-8-29-24(17)22)20-11-19(27)23(28)21(12-26)30-20/h1-4,10,15,19-21,23,26-28H,5-9,11-12H2/t19?,20?,21?,23-/m0/s1. The number of ether oxygens (including phenoxy) is 2. The molecule has 2 aliphatic heterocycles. The summed E-state index contributed by atoms with van der Waals surface area (Å²) in [5, 5.41) is 30.6. The Balaban J connectivity index is 1.47. The van der Waals surface area contributed by atoms with E-state index < -0.39 is 24.4 Å². The predicted molar refractivity (Wildman–Crippen MR) is 113 cm³/mol. The summed E-state index contributed by atoms with van der Waals surface area (Å²) in [6.45, 7) is 0.212. The van der Waals surface area contributed by atoms with Gasteiger partial charge in [0.1, 0.15) is 18.0 Å². The van der Waals surface area contributed by atoms with Crippen LogP contribution in [0.15, 0.2) is 30.3 Å². The summed E-state index contributed by atoms with van der Waals surface area (Å²) in [5.74, 6) is 1.43. The Kier molecular flexibility index (Phi) is 5.50. The second-order valence-corrected chi connectivity index (χ2v) is 9.06. The average Bonchev–Trinajstić information content (AvgIpc) is 3.48. The Morgan fingerprint density at radius 3 is 2.57 bits per heavy atom. The van der Waals surface area contributed by atoms with E-state index in [1.807, 2.05) is 6.07 Å². The van der Waals surface area contributed by atoms with Crippen molar-refractivity contribution >= 4 is 11.6 Å². The third kappa shape index (κ3) is 3.74. The van der Waals surface area contributed by atoms with Crippen molar-refractivity contribution in [1.82, 2.24) is 0 Å². The second kappa shape index (κ2) is 8.13. The molecule has 2 aromatic carbocycles.